The van der Waals surface area contributed by atoms with Gasteiger partial charge < -0.3 is 20.5 Å². The molecule has 1 aliphatic heterocycles. The second-order valence-corrected chi connectivity index (χ2v) is 6.90. The SMILES string of the molecule is [O-][N+]([O-])=c1cc2[nH]cc(-c3ccccc3)c(O)c-2cc1/C(Cl)=C/c1ccccc1. The van der Waals surface area contributed by atoms with E-state index in [9.17, 15) is 15.5 Å². The molecule has 6 heteroatoms. The first-order chi connectivity index (χ1) is 14.0. The average Bonchev–Trinajstić information content (AvgIpc) is 2.74. The number of nitrogens with zero attached hydrogens (tertiary/aromatic N) is 1. The summed E-state index contributed by atoms with van der Waals surface area (Å²) in [5, 5.41) is 34.2. The smallest absolute Gasteiger partial charge is 0.233 e. The normalized spacial score (nSPS) is 11.6. The molecule has 2 aromatic rings. The van der Waals surface area contributed by atoms with Gasteiger partial charge in [-0.05, 0) is 23.3 Å². The zero-order valence-corrected chi connectivity index (χ0v) is 15.9. The Labute approximate surface area is 172 Å². The fourth-order valence-electron chi connectivity index (χ4n) is 3.22. The highest BCUT2D eigenvalue weighted by Gasteiger charge is 2.19. The molecule has 1 aliphatic carbocycles. The summed E-state index contributed by atoms with van der Waals surface area (Å²) in [6.45, 7) is 0. The minimum Gasteiger partial charge on any atom is -0.612 e. The van der Waals surface area contributed by atoms with Crippen molar-refractivity contribution in [3.8, 4) is 28.1 Å². The van der Waals surface area contributed by atoms with Crippen LogP contribution in [0.4, 0.5) is 0 Å². The highest BCUT2D eigenvalue weighted by Crippen LogP contribution is 2.38. The molecular weight excluding hydrogens is 388 g/mol. The van der Waals surface area contributed by atoms with E-state index in [1.165, 1.54) is 6.07 Å². The number of aromatic hydroxyl groups is 1. The van der Waals surface area contributed by atoms with Crippen LogP contribution in [0.5, 0.6) is 5.75 Å². The van der Waals surface area contributed by atoms with E-state index in [1.54, 1.807) is 18.3 Å². The molecule has 144 valence electrons. The van der Waals surface area contributed by atoms with Gasteiger partial charge in [0.25, 0.3) is 0 Å². The predicted molar refractivity (Wildman–Crippen MR) is 117 cm³/mol. The zero-order valence-electron chi connectivity index (χ0n) is 15.2. The Balaban J connectivity index is 1.96. The van der Waals surface area contributed by atoms with Gasteiger partial charge in [-0.3, -0.25) is 0 Å². The van der Waals surface area contributed by atoms with Gasteiger partial charge in [0.2, 0.25) is 5.36 Å². The lowest BCUT2D eigenvalue weighted by atomic mass is 9.98. The summed E-state index contributed by atoms with van der Waals surface area (Å²) in [4.78, 5) is 2.56. The molecule has 0 atom stereocenters. The summed E-state index contributed by atoms with van der Waals surface area (Å²) in [7, 11) is 0. The molecule has 2 aliphatic rings. The van der Waals surface area contributed by atoms with Gasteiger partial charge in [-0.1, -0.05) is 72.3 Å². The second kappa shape index (κ2) is 7.73. The van der Waals surface area contributed by atoms with Crippen molar-refractivity contribution in [2.24, 2.45) is 0 Å². The van der Waals surface area contributed by atoms with Gasteiger partial charge in [-0.15, -0.1) is 0 Å². The fourth-order valence-corrected chi connectivity index (χ4v) is 3.50. The lowest BCUT2D eigenvalue weighted by Crippen LogP contribution is -2.23. The van der Waals surface area contributed by atoms with Gasteiger partial charge >= 0.3 is 0 Å². The Bertz CT molecular complexity index is 1230. The minimum atomic E-state index is -0.480. The fraction of sp³-hybridized carbons (Fsp3) is 0. The predicted octanol–water partition coefficient (Wildman–Crippen LogP) is 5.00. The van der Waals surface area contributed by atoms with Gasteiger partial charge in [-0.2, -0.15) is 4.90 Å². The summed E-state index contributed by atoms with van der Waals surface area (Å²) in [6, 6.07) is 21.6. The maximum absolute atomic E-state index is 11.6. The molecule has 1 heterocycles. The summed E-state index contributed by atoms with van der Waals surface area (Å²) in [5.41, 5.74) is 3.38. The maximum atomic E-state index is 11.6. The average molecular weight is 404 g/mol. The van der Waals surface area contributed by atoms with Crippen LogP contribution in [-0.4, -0.2) is 10.1 Å². The Kier molecular flexibility index (Phi) is 4.97. The van der Waals surface area contributed by atoms with Crippen LogP contribution in [0.3, 0.4) is 0 Å². The number of halogens is 1. The summed E-state index contributed by atoms with van der Waals surface area (Å²) in [6.07, 6.45) is 3.30. The van der Waals surface area contributed by atoms with Crippen LogP contribution in [-0.2, 0) is 0 Å². The molecule has 0 fully saturated rings. The number of benzene rings is 3. The number of fused-ring (bicyclic) bond motifs is 1. The van der Waals surface area contributed by atoms with E-state index in [0.717, 1.165) is 11.1 Å². The molecule has 0 unspecified atom stereocenters. The molecule has 0 amide bonds. The van der Waals surface area contributed by atoms with Crippen molar-refractivity contribution < 1.29 is 5.11 Å². The Morgan fingerprint density at radius 2 is 1.59 bits per heavy atom. The van der Waals surface area contributed by atoms with E-state index >= 15 is 0 Å². The number of aromatic nitrogens is 1. The molecule has 0 saturated heterocycles. The molecule has 2 N–H and O–H groups in total. The van der Waals surface area contributed by atoms with Crippen LogP contribution in [0.15, 0.2) is 79.0 Å². The lowest BCUT2D eigenvalue weighted by molar-refractivity contribution is 0.478. The van der Waals surface area contributed by atoms with Crippen LogP contribution in [0.25, 0.3) is 33.5 Å². The summed E-state index contributed by atoms with van der Waals surface area (Å²) >= 11 is 6.46. The molecule has 0 bridgehead atoms. The molecular formula is C23H16ClN2O3-. The lowest BCUT2D eigenvalue weighted by Gasteiger charge is -2.15. The first-order valence-electron chi connectivity index (χ1n) is 8.88. The number of rotatable bonds is 3. The van der Waals surface area contributed by atoms with Gasteiger partial charge in [0, 0.05) is 23.4 Å². The maximum Gasteiger partial charge on any atom is 0.233 e. The van der Waals surface area contributed by atoms with Crippen molar-refractivity contribution in [2.75, 3.05) is 0 Å². The quantitative estimate of drug-likeness (QED) is 0.373. The third kappa shape index (κ3) is 3.68. The number of H-pyrrole nitrogens is 1. The number of hydrogen-bond donors (Lipinski definition) is 2. The summed E-state index contributed by atoms with van der Waals surface area (Å²) < 4.78 is 0. The standard InChI is InChI=1S/C23H16ClN2O3/c24-20(11-15-7-3-1-4-8-15)17-12-18-21(13-22(17)26(28)29)25-14-19(23(18)27)16-9-5-2-6-10-16/h1-14,25H,(H-,27,28,29)/q-1/b20-11-. The number of nitrogens with one attached hydrogen (secondary N) is 1. The molecule has 2 aromatic carbocycles. The molecule has 0 saturated carbocycles. The zero-order chi connectivity index (χ0) is 20.4. The van der Waals surface area contributed by atoms with Gasteiger partial charge in [0.15, 0.2) is 0 Å². The van der Waals surface area contributed by atoms with Gasteiger partial charge in [0.05, 0.1) is 16.3 Å². The monoisotopic (exact) mass is 403 g/mol. The molecule has 0 spiro atoms. The molecule has 5 nitrogen and oxygen atoms in total. The van der Waals surface area contributed by atoms with Crippen molar-refractivity contribution in [3.63, 3.8) is 0 Å². The minimum absolute atomic E-state index is 0.0327. The van der Waals surface area contributed by atoms with Crippen molar-refractivity contribution >= 4 is 22.7 Å². The molecule has 4 rings (SSSR count). The third-order valence-electron chi connectivity index (χ3n) is 4.65. The number of aromatic amines is 1. The van der Waals surface area contributed by atoms with Crippen molar-refractivity contribution in [1.29, 1.82) is 0 Å². The van der Waals surface area contributed by atoms with Crippen molar-refractivity contribution in [3.05, 3.63) is 106 Å². The van der Waals surface area contributed by atoms with Crippen molar-refractivity contribution in [2.45, 2.75) is 0 Å². The van der Waals surface area contributed by atoms with E-state index in [0.29, 0.717) is 16.8 Å². The van der Waals surface area contributed by atoms with Gasteiger partial charge in [0.1, 0.15) is 5.75 Å². The topological polar surface area (TPSA) is 85.1 Å². The second-order valence-electron chi connectivity index (χ2n) is 6.49. The van der Waals surface area contributed by atoms with Crippen LogP contribution in [0.2, 0.25) is 0 Å². The van der Waals surface area contributed by atoms with Crippen molar-refractivity contribution in [1.82, 2.24) is 9.89 Å². The Hall–Kier alpha value is -3.70. The highest BCUT2D eigenvalue weighted by molar-refractivity contribution is 6.51. The summed E-state index contributed by atoms with van der Waals surface area (Å²) in [5.74, 6) is 0.0327. The van der Waals surface area contributed by atoms with Crippen LogP contribution in [0.1, 0.15) is 11.1 Å². The highest BCUT2D eigenvalue weighted by atomic mass is 35.5. The first kappa shape index (κ1) is 18.7. The number of hydrogen-bond acceptors (Lipinski definition) is 3. The molecule has 0 aromatic heterocycles. The third-order valence-corrected chi connectivity index (χ3v) is 4.96. The van der Waals surface area contributed by atoms with E-state index in [-0.39, 0.29) is 21.7 Å². The van der Waals surface area contributed by atoms with Crippen LogP contribution >= 0.6 is 11.6 Å². The van der Waals surface area contributed by atoms with E-state index in [4.69, 9.17) is 11.6 Å². The molecule has 29 heavy (non-hydrogen) atoms. The van der Waals surface area contributed by atoms with Crippen LogP contribution in [0, 0.1) is 10.4 Å². The van der Waals surface area contributed by atoms with Crippen LogP contribution < -0.4 is 10.3 Å². The Morgan fingerprint density at radius 3 is 2.24 bits per heavy atom. The number of pyridine rings is 1. The van der Waals surface area contributed by atoms with E-state index in [1.807, 2.05) is 60.7 Å². The van der Waals surface area contributed by atoms with E-state index < -0.39 is 4.90 Å². The first-order valence-corrected chi connectivity index (χ1v) is 9.26. The Morgan fingerprint density at radius 1 is 0.931 bits per heavy atom. The van der Waals surface area contributed by atoms with E-state index in [2.05, 4.69) is 4.98 Å². The molecule has 0 radical (unpaired) electrons. The largest absolute Gasteiger partial charge is 0.612 e. The van der Waals surface area contributed by atoms with Gasteiger partial charge in [-0.25, -0.2) is 0 Å².